The zero-order valence-electron chi connectivity index (χ0n) is 10.4. The van der Waals surface area contributed by atoms with E-state index in [0.717, 1.165) is 19.4 Å². The largest absolute Gasteiger partial charge is 0.327 e. The third-order valence-electron chi connectivity index (χ3n) is 3.76. The molecule has 1 saturated carbocycles. The number of nitrogens with zero attached hydrogens (tertiary/aromatic N) is 2. The van der Waals surface area contributed by atoms with Crippen molar-refractivity contribution in [3.8, 4) is 0 Å². The van der Waals surface area contributed by atoms with Gasteiger partial charge in [-0.05, 0) is 44.6 Å². The first-order valence-electron chi connectivity index (χ1n) is 6.55. The molecule has 0 saturated heterocycles. The Hall–Kier alpha value is -0.830. The van der Waals surface area contributed by atoms with Gasteiger partial charge in [-0.2, -0.15) is 5.10 Å². The molecule has 0 aliphatic heterocycles. The van der Waals surface area contributed by atoms with E-state index in [0.29, 0.717) is 12.0 Å². The van der Waals surface area contributed by atoms with E-state index in [1.54, 1.807) is 0 Å². The molecule has 16 heavy (non-hydrogen) atoms. The van der Waals surface area contributed by atoms with Crippen LogP contribution in [-0.2, 0) is 19.4 Å². The van der Waals surface area contributed by atoms with Crippen molar-refractivity contribution < 1.29 is 0 Å². The third-order valence-corrected chi connectivity index (χ3v) is 3.76. The highest BCUT2D eigenvalue weighted by molar-refractivity contribution is 5.12. The quantitative estimate of drug-likeness (QED) is 0.846. The van der Waals surface area contributed by atoms with Gasteiger partial charge in [-0.15, -0.1) is 0 Å². The lowest BCUT2D eigenvalue weighted by molar-refractivity contribution is 0.457. The molecule has 0 spiro atoms. The molecule has 0 bridgehead atoms. The maximum Gasteiger partial charge on any atom is 0.0624 e. The first kappa shape index (κ1) is 11.6. The molecule has 2 atom stereocenters. The van der Waals surface area contributed by atoms with Gasteiger partial charge < -0.3 is 5.73 Å². The molecule has 1 heterocycles. The summed E-state index contributed by atoms with van der Waals surface area (Å²) >= 11 is 0. The standard InChI is InChI=1S/C13H23N3/c1-3-11-9-12(16(4-2)15-11)8-10-6-5-7-13(10)14/h9-10,13H,3-8,14H2,1-2H3. The Morgan fingerprint density at radius 2 is 2.25 bits per heavy atom. The van der Waals surface area contributed by atoms with Crippen LogP contribution in [0.25, 0.3) is 0 Å². The lowest BCUT2D eigenvalue weighted by atomic mass is 9.98. The summed E-state index contributed by atoms with van der Waals surface area (Å²) in [5.41, 5.74) is 8.72. The molecular weight excluding hydrogens is 198 g/mol. The second kappa shape index (κ2) is 5.00. The molecule has 90 valence electrons. The Labute approximate surface area is 98.0 Å². The van der Waals surface area contributed by atoms with E-state index in [9.17, 15) is 0 Å². The van der Waals surface area contributed by atoms with Crippen molar-refractivity contribution in [3.63, 3.8) is 0 Å². The highest BCUT2D eigenvalue weighted by Crippen LogP contribution is 2.27. The topological polar surface area (TPSA) is 43.8 Å². The van der Waals surface area contributed by atoms with Crippen LogP contribution in [0.3, 0.4) is 0 Å². The zero-order chi connectivity index (χ0) is 11.5. The van der Waals surface area contributed by atoms with Crippen molar-refractivity contribution in [2.24, 2.45) is 11.7 Å². The molecule has 3 nitrogen and oxygen atoms in total. The summed E-state index contributed by atoms with van der Waals surface area (Å²) in [6.45, 7) is 5.29. The van der Waals surface area contributed by atoms with Crippen LogP contribution in [0, 0.1) is 5.92 Å². The van der Waals surface area contributed by atoms with Crippen LogP contribution in [0.5, 0.6) is 0 Å². The molecule has 0 radical (unpaired) electrons. The Morgan fingerprint density at radius 1 is 1.44 bits per heavy atom. The van der Waals surface area contributed by atoms with Crippen molar-refractivity contribution in [2.75, 3.05) is 0 Å². The summed E-state index contributed by atoms with van der Waals surface area (Å²) in [4.78, 5) is 0. The molecule has 1 aromatic rings. The summed E-state index contributed by atoms with van der Waals surface area (Å²) in [5.74, 6) is 0.673. The zero-order valence-corrected chi connectivity index (χ0v) is 10.4. The van der Waals surface area contributed by atoms with Crippen LogP contribution in [0.4, 0.5) is 0 Å². The smallest absolute Gasteiger partial charge is 0.0624 e. The van der Waals surface area contributed by atoms with Crippen molar-refractivity contribution in [1.29, 1.82) is 0 Å². The molecule has 1 aromatic heterocycles. The van der Waals surface area contributed by atoms with Crippen LogP contribution in [0.2, 0.25) is 0 Å². The van der Waals surface area contributed by atoms with Crippen molar-refractivity contribution in [3.05, 3.63) is 17.5 Å². The fourth-order valence-corrected chi connectivity index (χ4v) is 2.71. The summed E-state index contributed by atoms with van der Waals surface area (Å²) in [7, 11) is 0. The minimum absolute atomic E-state index is 0.408. The first-order chi connectivity index (χ1) is 7.74. The Balaban J connectivity index is 2.10. The van der Waals surface area contributed by atoms with E-state index in [-0.39, 0.29) is 0 Å². The molecule has 1 fully saturated rings. The maximum absolute atomic E-state index is 6.13. The number of rotatable bonds is 4. The number of aryl methyl sites for hydroxylation is 2. The Kier molecular flexibility index (Phi) is 3.64. The molecule has 1 aliphatic rings. The number of hydrogen-bond acceptors (Lipinski definition) is 2. The predicted octanol–water partition coefficient (Wildman–Crippen LogP) is 2.14. The lowest BCUT2D eigenvalue weighted by Gasteiger charge is -2.15. The number of hydrogen-bond donors (Lipinski definition) is 1. The van der Waals surface area contributed by atoms with E-state index >= 15 is 0 Å². The Morgan fingerprint density at radius 3 is 2.81 bits per heavy atom. The summed E-state index contributed by atoms with van der Waals surface area (Å²) in [6.07, 6.45) is 5.93. The van der Waals surface area contributed by atoms with Crippen molar-refractivity contribution >= 4 is 0 Å². The normalized spacial score (nSPS) is 25.2. The first-order valence-corrected chi connectivity index (χ1v) is 6.55. The van der Waals surface area contributed by atoms with E-state index in [4.69, 9.17) is 5.73 Å². The van der Waals surface area contributed by atoms with Crippen LogP contribution in [0.15, 0.2) is 6.07 Å². The SMILES string of the molecule is CCc1cc(CC2CCCC2N)n(CC)n1. The molecule has 1 aliphatic carbocycles. The van der Waals surface area contributed by atoms with Gasteiger partial charge in [0.25, 0.3) is 0 Å². The van der Waals surface area contributed by atoms with Gasteiger partial charge in [0, 0.05) is 18.3 Å². The maximum atomic E-state index is 6.13. The average molecular weight is 221 g/mol. The predicted molar refractivity (Wildman–Crippen MR) is 66.3 cm³/mol. The fourth-order valence-electron chi connectivity index (χ4n) is 2.71. The molecule has 2 rings (SSSR count). The number of nitrogens with two attached hydrogens (primary N) is 1. The number of aromatic nitrogens is 2. The third kappa shape index (κ3) is 2.29. The highest BCUT2D eigenvalue weighted by Gasteiger charge is 2.25. The van der Waals surface area contributed by atoms with Crippen molar-refractivity contribution in [2.45, 2.75) is 58.5 Å². The molecule has 3 heteroatoms. The van der Waals surface area contributed by atoms with Gasteiger partial charge >= 0.3 is 0 Å². The summed E-state index contributed by atoms with van der Waals surface area (Å²) in [5, 5.41) is 4.59. The lowest BCUT2D eigenvalue weighted by Crippen LogP contribution is -2.26. The van der Waals surface area contributed by atoms with Gasteiger partial charge in [0.2, 0.25) is 0 Å². The molecule has 2 unspecified atom stereocenters. The molecular formula is C13H23N3. The fraction of sp³-hybridized carbons (Fsp3) is 0.769. The molecule has 2 N–H and O–H groups in total. The van der Waals surface area contributed by atoms with Crippen LogP contribution in [0.1, 0.15) is 44.5 Å². The van der Waals surface area contributed by atoms with Gasteiger partial charge in [-0.25, -0.2) is 0 Å². The van der Waals surface area contributed by atoms with E-state index in [1.807, 2.05) is 0 Å². The van der Waals surface area contributed by atoms with Gasteiger partial charge in [0.15, 0.2) is 0 Å². The molecule has 0 amide bonds. The van der Waals surface area contributed by atoms with E-state index < -0.39 is 0 Å². The second-order valence-electron chi connectivity index (χ2n) is 4.86. The summed E-state index contributed by atoms with van der Waals surface area (Å²) in [6, 6.07) is 2.67. The van der Waals surface area contributed by atoms with Crippen LogP contribution < -0.4 is 5.73 Å². The second-order valence-corrected chi connectivity index (χ2v) is 4.86. The summed E-state index contributed by atoms with van der Waals surface area (Å²) < 4.78 is 2.14. The van der Waals surface area contributed by atoms with Gasteiger partial charge in [-0.3, -0.25) is 4.68 Å². The van der Waals surface area contributed by atoms with E-state index in [1.165, 1.54) is 30.7 Å². The average Bonchev–Trinajstić information content (AvgIpc) is 2.86. The van der Waals surface area contributed by atoms with Crippen LogP contribution >= 0.6 is 0 Å². The molecule has 0 aromatic carbocycles. The van der Waals surface area contributed by atoms with E-state index in [2.05, 4.69) is 29.7 Å². The monoisotopic (exact) mass is 221 g/mol. The van der Waals surface area contributed by atoms with Gasteiger partial charge in [0.1, 0.15) is 0 Å². The van der Waals surface area contributed by atoms with Crippen LogP contribution in [-0.4, -0.2) is 15.8 Å². The van der Waals surface area contributed by atoms with Crippen molar-refractivity contribution in [1.82, 2.24) is 9.78 Å². The minimum Gasteiger partial charge on any atom is -0.327 e. The highest BCUT2D eigenvalue weighted by atomic mass is 15.3. The Bertz CT molecular complexity index is 343. The van der Waals surface area contributed by atoms with Gasteiger partial charge in [-0.1, -0.05) is 13.3 Å². The van der Waals surface area contributed by atoms with Gasteiger partial charge in [0.05, 0.1) is 5.69 Å². The minimum atomic E-state index is 0.408.